The van der Waals surface area contributed by atoms with E-state index in [1.54, 1.807) is 50.2 Å². The summed E-state index contributed by atoms with van der Waals surface area (Å²) < 4.78 is 5.41. The van der Waals surface area contributed by atoms with E-state index in [4.69, 9.17) is 4.74 Å². The largest absolute Gasteiger partial charge is 0.508 e. The van der Waals surface area contributed by atoms with Crippen LogP contribution >= 0.6 is 0 Å². The van der Waals surface area contributed by atoms with Gasteiger partial charge in [0.15, 0.2) is 6.10 Å². The smallest absolute Gasteiger partial charge is 0.303 e. The minimum Gasteiger partial charge on any atom is -0.508 e. The number of carbonyl (C=O) groups excluding carboxylic acids is 1. The van der Waals surface area contributed by atoms with Crippen molar-refractivity contribution in [2.75, 3.05) is 0 Å². The van der Waals surface area contributed by atoms with E-state index in [1.807, 2.05) is 0 Å². The predicted molar refractivity (Wildman–Crippen MR) is 79.3 cm³/mol. The highest BCUT2D eigenvalue weighted by Gasteiger charge is 2.19. The monoisotopic (exact) mass is 286 g/mol. The van der Waals surface area contributed by atoms with Gasteiger partial charge < -0.3 is 14.9 Å². The van der Waals surface area contributed by atoms with Gasteiger partial charge in [0.25, 0.3) is 0 Å². The first-order valence-electron chi connectivity index (χ1n) is 6.64. The third-order valence-electron chi connectivity index (χ3n) is 3.33. The highest BCUT2D eigenvalue weighted by molar-refractivity contribution is 5.67. The summed E-state index contributed by atoms with van der Waals surface area (Å²) in [7, 11) is 0. The van der Waals surface area contributed by atoms with Crippen molar-refractivity contribution in [1.82, 2.24) is 0 Å². The lowest BCUT2D eigenvalue weighted by atomic mass is 9.98. The number of phenols is 2. The zero-order valence-corrected chi connectivity index (χ0v) is 12.3. The van der Waals surface area contributed by atoms with Crippen LogP contribution in [-0.4, -0.2) is 16.2 Å². The number of phenolic OH excluding ortho intramolecular Hbond substituents is 2. The van der Waals surface area contributed by atoms with Crippen LogP contribution in [0.5, 0.6) is 11.5 Å². The minimum atomic E-state index is -0.568. The van der Waals surface area contributed by atoms with E-state index in [2.05, 4.69) is 0 Å². The van der Waals surface area contributed by atoms with Crippen molar-refractivity contribution in [3.05, 3.63) is 58.7 Å². The first-order valence-corrected chi connectivity index (χ1v) is 6.64. The molecule has 0 fully saturated rings. The molecule has 0 aliphatic heterocycles. The highest BCUT2D eigenvalue weighted by atomic mass is 16.5. The van der Waals surface area contributed by atoms with E-state index in [1.165, 1.54) is 6.92 Å². The lowest BCUT2D eigenvalue weighted by molar-refractivity contribution is -0.144. The molecule has 4 nitrogen and oxygen atoms in total. The first kappa shape index (κ1) is 14.9. The molecule has 0 radical (unpaired) electrons. The molecular formula is C17H18O4. The number of benzene rings is 2. The Morgan fingerprint density at radius 2 is 1.38 bits per heavy atom. The number of hydrogen-bond donors (Lipinski definition) is 2. The second kappa shape index (κ2) is 5.87. The molecule has 0 aromatic heterocycles. The number of aromatic hydroxyl groups is 2. The van der Waals surface area contributed by atoms with Crippen LogP contribution in [0.3, 0.4) is 0 Å². The summed E-state index contributed by atoms with van der Waals surface area (Å²) in [5.41, 5.74) is 2.96. The molecule has 2 aromatic carbocycles. The van der Waals surface area contributed by atoms with Gasteiger partial charge in [0.05, 0.1) is 0 Å². The Bertz CT molecular complexity index is 625. The van der Waals surface area contributed by atoms with E-state index >= 15 is 0 Å². The van der Waals surface area contributed by atoms with Gasteiger partial charge in [-0.2, -0.15) is 0 Å². The third-order valence-corrected chi connectivity index (χ3v) is 3.33. The molecule has 4 heteroatoms. The van der Waals surface area contributed by atoms with Crippen molar-refractivity contribution in [2.45, 2.75) is 26.9 Å². The maximum absolute atomic E-state index is 11.4. The maximum atomic E-state index is 11.4. The number of ether oxygens (including phenoxy) is 1. The predicted octanol–water partition coefficient (Wildman–Crippen LogP) is 3.37. The average molecular weight is 286 g/mol. The Kier molecular flexibility index (Phi) is 4.17. The van der Waals surface area contributed by atoms with Crippen molar-refractivity contribution in [3.8, 4) is 11.5 Å². The topological polar surface area (TPSA) is 66.8 Å². The van der Waals surface area contributed by atoms with Crippen molar-refractivity contribution in [1.29, 1.82) is 0 Å². The number of hydrogen-bond acceptors (Lipinski definition) is 4. The Balaban J connectivity index is 2.48. The van der Waals surface area contributed by atoms with Gasteiger partial charge in [0, 0.05) is 6.92 Å². The Morgan fingerprint density at radius 3 is 1.71 bits per heavy atom. The zero-order valence-electron chi connectivity index (χ0n) is 12.3. The molecule has 2 N–H and O–H groups in total. The van der Waals surface area contributed by atoms with Gasteiger partial charge in [0.2, 0.25) is 0 Å². The van der Waals surface area contributed by atoms with Crippen LogP contribution in [0, 0.1) is 13.8 Å². The summed E-state index contributed by atoms with van der Waals surface area (Å²) in [6.07, 6.45) is -0.568. The molecule has 0 aliphatic carbocycles. The van der Waals surface area contributed by atoms with Crippen LogP contribution in [-0.2, 0) is 9.53 Å². The second-order valence-corrected chi connectivity index (χ2v) is 5.08. The van der Waals surface area contributed by atoms with Gasteiger partial charge in [-0.1, -0.05) is 12.1 Å². The summed E-state index contributed by atoms with van der Waals surface area (Å²) in [5, 5.41) is 19.2. The highest BCUT2D eigenvalue weighted by Crippen LogP contribution is 2.31. The Hall–Kier alpha value is -2.49. The molecule has 110 valence electrons. The fourth-order valence-corrected chi connectivity index (χ4v) is 2.18. The number of aryl methyl sites for hydroxylation is 2. The first-order chi connectivity index (χ1) is 9.88. The maximum Gasteiger partial charge on any atom is 0.303 e. The summed E-state index contributed by atoms with van der Waals surface area (Å²) in [6, 6.07) is 10.2. The van der Waals surface area contributed by atoms with Gasteiger partial charge in [-0.25, -0.2) is 0 Å². The third kappa shape index (κ3) is 3.34. The zero-order chi connectivity index (χ0) is 15.6. The Morgan fingerprint density at radius 1 is 0.952 bits per heavy atom. The molecule has 0 heterocycles. The van der Waals surface area contributed by atoms with Crippen molar-refractivity contribution in [2.24, 2.45) is 0 Å². The molecule has 0 unspecified atom stereocenters. The molecular weight excluding hydrogens is 268 g/mol. The minimum absolute atomic E-state index is 0.196. The fourth-order valence-electron chi connectivity index (χ4n) is 2.18. The van der Waals surface area contributed by atoms with E-state index in [9.17, 15) is 15.0 Å². The molecule has 0 aliphatic rings. The van der Waals surface area contributed by atoms with Crippen LogP contribution in [0.1, 0.15) is 35.3 Å². The lowest BCUT2D eigenvalue weighted by Gasteiger charge is -2.19. The van der Waals surface area contributed by atoms with Crippen molar-refractivity contribution < 1.29 is 19.7 Å². The fraction of sp³-hybridized carbons (Fsp3) is 0.235. The van der Waals surface area contributed by atoms with Gasteiger partial charge in [-0.05, 0) is 60.4 Å². The Labute approximate surface area is 123 Å². The summed E-state index contributed by atoms with van der Waals surface area (Å²) in [6.45, 7) is 4.92. The van der Waals surface area contributed by atoms with E-state index in [-0.39, 0.29) is 11.5 Å². The van der Waals surface area contributed by atoms with Crippen LogP contribution in [0.2, 0.25) is 0 Å². The molecule has 0 saturated heterocycles. The molecule has 21 heavy (non-hydrogen) atoms. The van der Waals surface area contributed by atoms with Crippen molar-refractivity contribution >= 4 is 5.97 Å². The quantitative estimate of drug-likeness (QED) is 0.849. The van der Waals surface area contributed by atoms with Crippen LogP contribution < -0.4 is 0 Å². The number of rotatable bonds is 3. The normalized spacial score (nSPS) is 10.7. The molecule has 0 bridgehead atoms. The summed E-state index contributed by atoms with van der Waals surface area (Å²) >= 11 is 0. The van der Waals surface area contributed by atoms with Crippen LogP contribution in [0.15, 0.2) is 36.4 Å². The van der Waals surface area contributed by atoms with Crippen molar-refractivity contribution in [3.63, 3.8) is 0 Å². The molecule has 0 saturated carbocycles. The van der Waals surface area contributed by atoms with E-state index in [0.29, 0.717) is 11.1 Å². The lowest BCUT2D eigenvalue weighted by Crippen LogP contribution is -2.10. The van der Waals surface area contributed by atoms with E-state index < -0.39 is 12.1 Å². The van der Waals surface area contributed by atoms with Crippen LogP contribution in [0.25, 0.3) is 0 Å². The SMILES string of the molecule is CC(=O)OC(c1ccc(O)c(C)c1)c1ccc(O)c(C)c1. The number of carbonyl (C=O) groups is 1. The van der Waals surface area contributed by atoms with Gasteiger partial charge in [-0.15, -0.1) is 0 Å². The second-order valence-electron chi connectivity index (χ2n) is 5.08. The van der Waals surface area contributed by atoms with E-state index in [0.717, 1.165) is 11.1 Å². The van der Waals surface area contributed by atoms with Gasteiger partial charge in [0.1, 0.15) is 11.5 Å². The summed E-state index contributed by atoms with van der Waals surface area (Å²) in [4.78, 5) is 11.4. The molecule has 2 aromatic rings. The summed E-state index contributed by atoms with van der Waals surface area (Å²) in [5.74, 6) is 0.000814. The average Bonchev–Trinajstić information content (AvgIpc) is 2.42. The number of esters is 1. The van der Waals surface area contributed by atoms with Crippen LogP contribution in [0.4, 0.5) is 0 Å². The van der Waals surface area contributed by atoms with Gasteiger partial charge in [-0.3, -0.25) is 4.79 Å². The molecule has 0 spiro atoms. The molecule has 2 rings (SSSR count). The standard InChI is InChI=1S/C17H18O4/c1-10-8-13(4-6-15(10)19)17(21-12(3)18)14-5-7-16(20)11(2)9-14/h4-9,17,19-20H,1-3H3. The van der Waals surface area contributed by atoms with Gasteiger partial charge >= 0.3 is 5.97 Å². The molecule has 0 amide bonds. The molecule has 0 atom stereocenters.